The minimum absolute atomic E-state index is 0.231. The molecular weight excluding hydrogens is 190 g/mol. The van der Waals surface area contributed by atoms with Gasteiger partial charge in [0, 0.05) is 5.56 Å². The van der Waals surface area contributed by atoms with Crippen LogP contribution in [0.15, 0.2) is 24.3 Å². The Kier molecular flexibility index (Phi) is 3.41. The van der Waals surface area contributed by atoms with Gasteiger partial charge < -0.3 is 9.84 Å². The van der Waals surface area contributed by atoms with E-state index in [-0.39, 0.29) is 5.56 Å². The first-order valence-corrected chi connectivity index (χ1v) is 4.32. The molecule has 0 saturated carbocycles. The zero-order valence-electron chi connectivity index (χ0n) is 7.84. The molecule has 0 aliphatic heterocycles. The first-order valence-electron chi connectivity index (χ1n) is 4.32. The molecule has 0 amide bonds. The second kappa shape index (κ2) is 4.37. The lowest BCUT2D eigenvalue weighted by Gasteiger charge is -2.14. The van der Waals surface area contributed by atoms with E-state index in [0.717, 1.165) is 0 Å². The topological polar surface area (TPSA) is 29.5 Å². The number of hydrogen-bond acceptors (Lipinski definition) is 2. The zero-order valence-corrected chi connectivity index (χ0v) is 7.84. The monoisotopic (exact) mass is 202 g/mol. The van der Waals surface area contributed by atoms with Crippen LogP contribution < -0.4 is 4.74 Å². The average Bonchev–Trinajstić information content (AvgIpc) is 2.19. The number of alkyl halides is 2. The summed E-state index contributed by atoms with van der Waals surface area (Å²) in [5.74, 6) is -2.81. The van der Waals surface area contributed by atoms with Crippen LogP contribution in [0.25, 0.3) is 0 Å². The van der Waals surface area contributed by atoms with Crippen molar-refractivity contribution in [2.75, 3.05) is 13.2 Å². The Hall–Kier alpha value is -1.16. The molecule has 0 unspecified atom stereocenters. The number of benzene rings is 1. The molecule has 0 aliphatic rings. The van der Waals surface area contributed by atoms with Crippen molar-refractivity contribution >= 4 is 0 Å². The SMILES string of the molecule is CCOc1cccc(C(F)(F)CO)c1. The van der Waals surface area contributed by atoms with E-state index in [1.54, 1.807) is 13.0 Å². The van der Waals surface area contributed by atoms with E-state index in [2.05, 4.69) is 0 Å². The number of rotatable bonds is 4. The highest BCUT2D eigenvalue weighted by Gasteiger charge is 2.30. The number of hydrogen-bond donors (Lipinski definition) is 1. The largest absolute Gasteiger partial charge is 0.494 e. The lowest BCUT2D eigenvalue weighted by Crippen LogP contribution is -2.18. The van der Waals surface area contributed by atoms with Crippen molar-refractivity contribution in [2.24, 2.45) is 0 Å². The molecule has 1 aromatic carbocycles. The fourth-order valence-corrected chi connectivity index (χ4v) is 1.07. The Labute approximate surface area is 81.1 Å². The van der Waals surface area contributed by atoms with E-state index < -0.39 is 12.5 Å². The van der Waals surface area contributed by atoms with Gasteiger partial charge in [0.25, 0.3) is 5.92 Å². The minimum Gasteiger partial charge on any atom is -0.494 e. The van der Waals surface area contributed by atoms with Gasteiger partial charge >= 0.3 is 0 Å². The van der Waals surface area contributed by atoms with Crippen molar-refractivity contribution in [1.29, 1.82) is 0 Å². The van der Waals surface area contributed by atoms with Crippen LogP contribution in [0.3, 0.4) is 0 Å². The summed E-state index contributed by atoms with van der Waals surface area (Å²) in [5, 5.41) is 8.48. The first-order chi connectivity index (χ1) is 6.60. The number of halogens is 2. The van der Waals surface area contributed by atoms with Gasteiger partial charge in [-0.05, 0) is 19.1 Å². The first kappa shape index (κ1) is 10.9. The third kappa shape index (κ3) is 2.42. The third-order valence-electron chi connectivity index (χ3n) is 1.77. The molecule has 0 bridgehead atoms. The highest BCUT2D eigenvalue weighted by Crippen LogP contribution is 2.29. The second-order valence-corrected chi connectivity index (χ2v) is 2.82. The maximum atomic E-state index is 13.0. The normalized spacial score (nSPS) is 11.4. The van der Waals surface area contributed by atoms with Gasteiger partial charge in [-0.2, -0.15) is 8.78 Å². The smallest absolute Gasteiger partial charge is 0.295 e. The molecule has 1 N–H and O–H groups in total. The highest BCUT2D eigenvalue weighted by atomic mass is 19.3. The summed E-state index contributed by atoms with van der Waals surface area (Å²) in [6, 6.07) is 5.57. The fraction of sp³-hybridized carbons (Fsp3) is 0.400. The summed E-state index contributed by atoms with van der Waals surface area (Å²) in [6.07, 6.45) is 0. The van der Waals surface area contributed by atoms with E-state index in [0.29, 0.717) is 12.4 Å². The van der Waals surface area contributed by atoms with E-state index in [9.17, 15) is 8.78 Å². The Bertz CT molecular complexity index is 300. The van der Waals surface area contributed by atoms with Gasteiger partial charge in [0.2, 0.25) is 0 Å². The van der Waals surface area contributed by atoms with Crippen LogP contribution in [-0.4, -0.2) is 18.3 Å². The predicted octanol–water partition coefficient (Wildman–Crippen LogP) is 2.17. The van der Waals surface area contributed by atoms with Gasteiger partial charge in [0.05, 0.1) is 6.61 Å². The van der Waals surface area contributed by atoms with Crippen molar-refractivity contribution in [2.45, 2.75) is 12.8 Å². The van der Waals surface area contributed by atoms with Gasteiger partial charge in [0.1, 0.15) is 12.4 Å². The van der Waals surface area contributed by atoms with E-state index >= 15 is 0 Å². The van der Waals surface area contributed by atoms with Crippen LogP contribution in [0.4, 0.5) is 8.78 Å². The lowest BCUT2D eigenvalue weighted by atomic mass is 10.1. The fourth-order valence-electron chi connectivity index (χ4n) is 1.07. The molecule has 1 rings (SSSR count). The molecule has 0 radical (unpaired) electrons. The van der Waals surface area contributed by atoms with Crippen LogP contribution in [0.5, 0.6) is 5.75 Å². The molecule has 0 fully saturated rings. The van der Waals surface area contributed by atoms with Crippen molar-refractivity contribution < 1.29 is 18.6 Å². The van der Waals surface area contributed by atoms with Gasteiger partial charge in [-0.3, -0.25) is 0 Å². The van der Waals surface area contributed by atoms with Crippen molar-refractivity contribution in [1.82, 2.24) is 0 Å². The highest BCUT2D eigenvalue weighted by molar-refractivity contribution is 5.31. The number of ether oxygens (including phenoxy) is 1. The molecule has 14 heavy (non-hydrogen) atoms. The molecular formula is C10H12F2O2. The molecule has 0 heterocycles. The van der Waals surface area contributed by atoms with E-state index in [1.807, 2.05) is 0 Å². The summed E-state index contributed by atoms with van der Waals surface area (Å²) < 4.78 is 31.1. The Balaban J connectivity index is 2.93. The predicted molar refractivity (Wildman–Crippen MR) is 48.6 cm³/mol. The molecule has 0 saturated heterocycles. The molecule has 1 aromatic rings. The van der Waals surface area contributed by atoms with Crippen LogP contribution in [0.1, 0.15) is 12.5 Å². The second-order valence-electron chi connectivity index (χ2n) is 2.82. The van der Waals surface area contributed by atoms with E-state index in [4.69, 9.17) is 9.84 Å². The molecule has 0 spiro atoms. The minimum atomic E-state index is -3.20. The van der Waals surface area contributed by atoms with Gasteiger partial charge in [-0.25, -0.2) is 0 Å². The van der Waals surface area contributed by atoms with Crippen molar-refractivity contribution in [3.63, 3.8) is 0 Å². The quantitative estimate of drug-likeness (QED) is 0.810. The molecule has 78 valence electrons. The summed E-state index contributed by atoms with van der Waals surface area (Å²) in [7, 11) is 0. The third-order valence-corrected chi connectivity index (χ3v) is 1.77. The zero-order chi connectivity index (χ0) is 10.6. The van der Waals surface area contributed by atoms with Gasteiger partial charge in [-0.15, -0.1) is 0 Å². The maximum Gasteiger partial charge on any atom is 0.295 e. The molecule has 0 aliphatic carbocycles. The van der Waals surface area contributed by atoms with Crippen LogP contribution in [0.2, 0.25) is 0 Å². The Morgan fingerprint density at radius 2 is 2.14 bits per heavy atom. The van der Waals surface area contributed by atoms with Gasteiger partial charge in [-0.1, -0.05) is 12.1 Å². The molecule has 0 atom stereocenters. The van der Waals surface area contributed by atoms with Gasteiger partial charge in [0.15, 0.2) is 0 Å². The summed E-state index contributed by atoms with van der Waals surface area (Å²) >= 11 is 0. The van der Waals surface area contributed by atoms with Crippen LogP contribution >= 0.6 is 0 Å². The number of aliphatic hydroxyl groups is 1. The average molecular weight is 202 g/mol. The van der Waals surface area contributed by atoms with Crippen LogP contribution in [0, 0.1) is 0 Å². The number of aliphatic hydroxyl groups excluding tert-OH is 1. The molecule has 4 heteroatoms. The Morgan fingerprint density at radius 1 is 1.43 bits per heavy atom. The molecule has 0 aromatic heterocycles. The van der Waals surface area contributed by atoms with Crippen molar-refractivity contribution in [3.05, 3.63) is 29.8 Å². The maximum absolute atomic E-state index is 13.0. The summed E-state index contributed by atoms with van der Waals surface area (Å²) in [4.78, 5) is 0. The molecule has 2 nitrogen and oxygen atoms in total. The van der Waals surface area contributed by atoms with E-state index in [1.165, 1.54) is 18.2 Å². The Morgan fingerprint density at radius 3 is 2.71 bits per heavy atom. The summed E-state index contributed by atoms with van der Waals surface area (Å²) in [6.45, 7) is 1.01. The summed E-state index contributed by atoms with van der Waals surface area (Å²) in [5.41, 5.74) is -0.231. The van der Waals surface area contributed by atoms with Crippen LogP contribution in [-0.2, 0) is 5.92 Å². The standard InChI is InChI=1S/C10H12F2O2/c1-2-14-9-5-3-4-8(6-9)10(11,12)7-13/h3-6,13H,2,7H2,1H3. The lowest BCUT2D eigenvalue weighted by molar-refractivity contribution is -0.0557. The van der Waals surface area contributed by atoms with Crippen molar-refractivity contribution in [3.8, 4) is 5.75 Å².